The fraction of sp³-hybridized carbons (Fsp3) is 0.414. The van der Waals surface area contributed by atoms with Crippen molar-refractivity contribution in [1.82, 2.24) is 5.32 Å². The van der Waals surface area contributed by atoms with Crippen molar-refractivity contribution in [3.8, 4) is 5.75 Å². The lowest BCUT2D eigenvalue weighted by atomic mass is 9.99. The molecule has 5 nitrogen and oxygen atoms in total. The minimum Gasteiger partial charge on any atom is -0.493 e. The second-order valence-electron chi connectivity index (χ2n) is 9.01. The Kier molecular flexibility index (Phi) is 8.07. The van der Waals surface area contributed by atoms with Gasteiger partial charge in [0.25, 0.3) is 0 Å². The van der Waals surface area contributed by atoms with Crippen molar-refractivity contribution in [3.63, 3.8) is 0 Å². The number of carbonyl (C=O) groups excluding carboxylic acids is 1. The number of nitrogens with zero attached hydrogens (tertiary/aromatic N) is 1. The molecule has 180 valence electrons. The van der Waals surface area contributed by atoms with E-state index in [-0.39, 0.29) is 18.4 Å². The van der Waals surface area contributed by atoms with Gasteiger partial charge in [0.2, 0.25) is 0 Å². The number of anilines is 1. The van der Waals surface area contributed by atoms with E-state index in [1.165, 1.54) is 16.3 Å². The summed E-state index contributed by atoms with van der Waals surface area (Å²) in [6.45, 7) is 9.10. The van der Waals surface area contributed by atoms with E-state index in [9.17, 15) is 4.79 Å². The highest BCUT2D eigenvalue weighted by atomic mass is 16.5. The Balaban J connectivity index is 1.45. The van der Waals surface area contributed by atoms with Crippen LogP contribution in [0, 0.1) is 0 Å². The van der Waals surface area contributed by atoms with Crippen LogP contribution >= 0.6 is 0 Å². The first-order chi connectivity index (χ1) is 16.6. The summed E-state index contributed by atoms with van der Waals surface area (Å²) in [7, 11) is 0. The molecule has 0 bridgehead atoms. The van der Waals surface area contributed by atoms with Gasteiger partial charge in [0, 0.05) is 36.4 Å². The summed E-state index contributed by atoms with van der Waals surface area (Å²) in [4.78, 5) is 14.6. The van der Waals surface area contributed by atoms with Crippen molar-refractivity contribution in [2.24, 2.45) is 0 Å². The number of ether oxygens (including phenoxy) is 2. The molecule has 0 saturated carbocycles. The lowest BCUT2D eigenvalue weighted by Crippen LogP contribution is -2.34. The van der Waals surface area contributed by atoms with E-state index >= 15 is 0 Å². The summed E-state index contributed by atoms with van der Waals surface area (Å²) in [5.74, 6) is 0.558. The van der Waals surface area contributed by atoms with E-state index in [1.54, 1.807) is 0 Å². The van der Waals surface area contributed by atoms with Gasteiger partial charge >= 0.3 is 5.97 Å². The second kappa shape index (κ2) is 11.4. The Bertz CT molecular complexity index is 1110. The van der Waals surface area contributed by atoms with Gasteiger partial charge in [-0.3, -0.25) is 4.79 Å². The van der Waals surface area contributed by atoms with Crippen LogP contribution in [0.15, 0.2) is 60.7 Å². The fourth-order valence-electron chi connectivity index (χ4n) is 4.82. The van der Waals surface area contributed by atoms with Crippen LogP contribution in [0.2, 0.25) is 0 Å². The average Bonchev–Trinajstić information content (AvgIpc) is 3.31. The van der Waals surface area contributed by atoms with Crippen LogP contribution in [0.5, 0.6) is 5.75 Å². The first-order valence-corrected chi connectivity index (χ1v) is 12.5. The van der Waals surface area contributed by atoms with Crippen molar-refractivity contribution in [3.05, 3.63) is 71.8 Å². The van der Waals surface area contributed by atoms with Crippen LogP contribution in [0.4, 0.5) is 5.69 Å². The lowest BCUT2D eigenvalue weighted by molar-refractivity contribution is -0.142. The van der Waals surface area contributed by atoms with Crippen LogP contribution in [0.25, 0.3) is 10.8 Å². The molecule has 3 aromatic rings. The molecule has 0 aliphatic carbocycles. The van der Waals surface area contributed by atoms with Gasteiger partial charge in [0.1, 0.15) is 5.75 Å². The first kappa shape index (κ1) is 24.1. The molecular formula is C29H36N2O3. The first-order valence-electron chi connectivity index (χ1n) is 12.5. The predicted molar refractivity (Wildman–Crippen MR) is 139 cm³/mol. The third-order valence-electron chi connectivity index (χ3n) is 6.47. The van der Waals surface area contributed by atoms with Crippen molar-refractivity contribution in [2.75, 3.05) is 31.2 Å². The van der Waals surface area contributed by atoms with E-state index in [1.807, 2.05) is 13.0 Å². The number of hydrogen-bond acceptors (Lipinski definition) is 5. The van der Waals surface area contributed by atoms with Gasteiger partial charge in [-0.2, -0.15) is 0 Å². The van der Waals surface area contributed by atoms with Gasteiger partial charge in [-0.15, -0.1) is 0 Å². The molecule has 1 aliphatic heterocycles. The lowest BCUT2D eigenvalue weighted by Gasteiger charge is -2.23. The highest BCUT2D eigenvalue weighted by molar-refractivity contribution is 5.86. The maximum atomic E-state index is 12.2. The number of nitrogens with one attached hydrogen (secondary N) is 1. The molecule has 1 aliphatic rings. The summed E-state index contributed by atoms with van der Waals surface area (Å²) in [6, 6.07) is 22.0. The summed E-state index contributed by atoms with van der Waals surface area (Å²) >= 11 is 0. The van der Waals surface area contributed by atoms with E-state index in [4.69, 9.17) is 9.47 Å². The van der Waals surface area contributed by atoms with Crippen LogP contribution < -0.4 is 15.0 Å². The fourth-order valence-corrected chi connectivity index (χ4v) is 4.82. The average molecular weight is 461 g/mol. The molecule has 0 aromatic heterocycles. The molecule has 5 heteroatoms. The quantitative estimate of drug-likeness (QED) is 0.396. The Labute approximate surface area is 203 Å². The third-order valence-corrected chi connectivity index (χ3v) is 6.47. The summed E-state index contributed by atoms with van der Waals surface area (Å²) in [6.07, 6.45) is 2.24. The summed E-state index contributed by atoms with van der Waals surface area (Å²) in [5, 5.41) is 6.44. The largest absolute Gasteiger partial charge is 0.493 e. The molecule has 0 unspecified atom stereocenters. The molecule has 1 N–H and O–H groups in total. The van der Waals surface area contributed by atoms with Crippen LogP contribution in [-0.2, 0) is 16.0 Å². The number of benzene rings is 3. The summed E-state index contributed by atoms with van der Waals surface area (Å²) < 4.78 is 11.1. The monoisotopic (exact) mass is 460 g/mol. The zero-order valence-electron chi connectivity index (χ0n) is 20.5. The third kappa shape index (κ3) is 5.71. The molecule has 0 radical (unpaired) electrons. The van der Waals surface area contributed by atoms with Gasteiger partial charge in [-0.1, -0.05) is 49.4 Å². The highest BCUT2D eigenvalue weighted by Crippen LogP contribution is 2.30. The van der Waals surface area contributed by atoms with Gasteiger partial charge in [0.15, 0.2) is 0 Å². The SMILES string of the molecule is CCCOc1ccc(N2CC[C@H](N[C@H](C)c3cccc4ccccc34)C2)cc1CC(=O)OCC. The Morgan fingerprint density at radius 2 is 1.94 bits per heavy atom. The number of rotatable bonds is 10. The molecule has 1 fully saturated rings. The molecule has 0 spiro atoms. The second-order valence-corrected chi connectivity index (χ2v) is 9.01. The van der Waals surface area contributed by atoms with Gasteiger partial charge in [-0.25, -0.2) is 0 Å². The molecular weight excluding hydrogens is 424 g/mol. The van der Waals surface area contributed by atoms with E-state index in [2.05, 4.69) is 78.7 Å². The Morgan fingerprint density at radius 1 is 1.12 bits per heavy atom. The maximum absolute atomic E-state index is 12.2. The summed E-state index contributed by atoms with van der Waals surface area (Å²) in [5.41, 5.74) is 3.36. The predicted octanol–water partition coefficient (Wildman–Crippen LogP) is 5.66. The van der Waals surface area contributed by atoms with Crippen molar-refractivity contribution in [2.45, 2.75) is 52.1 Å². The van der Waals surface area contributed by atoms with Crippen molar-refractivity contribution < 1.29 is 14.3 Å². The topological polar surface area (TPSA) is 50.8 Å². The number of carbonyl (C=O) groups is 1. The van der Waals surface area contributed by atoms with Crippen LogP contribution in [0.1, 0.15) is 50.8 Å². The van der Waals surface area contributed by atoms with E-state index in [0.717, 1.165) is 42.9 Å². The van der Waals surface area contributed by atoms with Crippen molar-refractivity contribution >= 4 is 22.4 Å². The molecule has 1 heterocycles. The highest BCUT2D eigenvalue weighted by Gasteiger charge is 2.25. The Hall–Kier alpha value is -3.05. The standard InChI is InChI=1S/C29H36N2O3/c1-4-17-34-28-14-13-25(18-23(28)19-29(32)33-5-2)31-16-15-24(20-31)30-21(3)26-12-8-10-22-9-6-7-11-27(22)26/h6-14,18,21,24,30H,4-5,15-17,19-20H2,1-3H3/t21-,24+/m1/s1. The maximum Gasteiger partial charge on any atom is 0.310 e. The van der Waals surface area contributed by atoms with Gasteiger partial charge < -0.3 is 19.7 Å². The number of esters is 1. The molecule has 1 saturated heterocycles. The molecule has 3 aromatic carbocycles. The van der Waals surface area contributed by atoms with Crippen LogP contribution in [-0.4, -0.2) is 38.3 Å². The normalized spacial score (nSPS) is 16.6. The minimum absolute atomic E-state index is 0.217. The number of hydrogen-bond donors (Lipinski definition) is 1. The molecule has 0 amide bonds. The van der Waals surface area contributed by atoms with Crippen molar-refractivity contribution in [1.29, 1.82) is 0 Å². The van der Waals surface area contributed by atoms with E-state index in [0.29, 0.717) is 19.3 Å². The number of fused-ring (bicyclic) bond motifs is 1. The zero-order valence-corrected chi connectivity index (χ0v) is 20.5. The molecule has 34 heavy (non-hydrogen) atoms. The zero-order chi connectivity index (χ0) is 23.9. The van der Waals surface area contributed by atoms with Crippen LogP contribution in [0.3, 0.4) is 0 Å². The van der Waals surface area contributed by atoms with E-state index < -0.39 is 0 Å². The van der Waals surface area contributed by atoms with Gasteiger partial charge in [-0.05, 0) is 61.2 Å². The minimum atomic E-state index is -0.217. The molecule has 4 rings (SSSR count). The molecule has 2 atom stereocenters. The smallest absolute Gasteiger partial charge is 0.310 e. The Morgan fingerprint density at radius 3 is 2.76 bits per heavy atom. The van der Waals surface area contributed by atoms with Gasteiger partial charge in [0.05, 0.1) is 19.6 Å².